The van der Waals surface area contributed by atoms with E-state index in [4.69, 9.17) is 5.26 Å². The fraction of sp³-hybridized carbons (Fsp3) is 0.538. The molecule has 3 heteroatoms. The molecule has 84 valence electrons. The molecule has 0 radical (unpaired) electrons. The molecule has 3 nitrogen and oxygen atoms in total. The Morgan fingerprint density at radius 3 is 3.12 bits per heavy atom. The van der Waals surface area contributed by atoms with Gasteiger partial charge in [-0.3, -0.25) is 0 Å². The first kappa shape index (κ1) is 11.1. The van der Waals surface area contributed by atoms with Gasteiger partial charge in [-0.1, -0.05) is 18.9 Å². The van der Waals surface area contributed by atoms with Crippen molar-refractivity contribution in [3.63, 3.8) is 0 Å². The first-order valence-corrected chi connectivity index (χ1v) is 5.87. The van der Waals surface area contributed by atoms with Crippen molar-refractivity contribution < 1.29 is 0 Å². The first-order chi connectivity index (χ1) is 7.79. The Kier molecular flexibility index (Phi) is 3.53. The van der Waals surface area contributed by atoms with Crippen LogP contribution in [0.3, 0.4) is 0 Å². The van der Waals surface area contributed by atoms with Crippen molar-refractivity contribution in [1.29, 1.82) is 5.26 Å². The Morgan fingerprint density at radius 1 is 1.62 bits per heavy atom. The third kappa shape index (κ3) is 3.04. The Hall–Kier alpha value is -1.40. The van der Waals surface area contributed by atoms with Gasteiger partial charge in [0.05, 0.1) is 0 Å². The largest absolute Gasteiger partial charge is 0.310 e. The van der Waals surface area contributed by atoms with E-state index in [1.54, 1.807) is 6.20 Å². The van der Waals surface area contributed by atoms with E-state index in [1.165, 1.54) is 19.3 Å². The topological polar surface area (TPSA) is 48.7 Å². The summed E-state index contributed by atoms with van der Waals surface area (Å²) in [6.45, 7) is 2.95. The summed E-state index contributed by atoms with van der Waals surface area (Å²) in [7, 11) is 0. The Morgan fingerprint density at radius 2 is 2.44 bits per heavy atom. The van der Waals surface area contributed by atoms with Crippen molar-refractivity contribution in [2.75, 3.05) is 0 Å². The minimum atomic E-state index is 0.527. The molecule has 1 aromatic rings. The van der Waals surface area contributed by atoms with Crippen LogP contribution in [0.15, 0.2) is 18.3 Å². The zero-order valence-electron chi connectivity index (χ0n) is 9.61. The second-order valence-corrected chi connectivity index (χ2v) is 4.58. The summed E-state index contributed by atoms with van der Waals surface area (Å²) in [5, 5.41) is 12.4. The second kappa shape index (κ2) is 5.09. The molecule has 0 aliphatic heterocycles. The zero-order valence-corrected chi connectivity index (χ0v) is 9.61. The van der Waals surface area contributed by atoms with Crippen LogP contribution in [0.2, 0.25) is 0 Å². The molecule has 2 rings (SSSR count). The maximum absolute atomic E-state index is 8.90. The third-order valence-corrected chi connectivity index (χ3v) is 3.02. The number of pyridine rings is 1. The molecular formula is C13H17N3. The van der Waals surface area contributed by atoms with Crippen LogP contribution in [0.1, 0.15) is 37.4 Å². The lowest BCUT2D eigenvalue weighted by atomic mass is 10.1. The van der Waals surface area contributed by atoms with E-state index in [1.807, 2.05) is 12.1 Å². The third-order valence-electron chi connectivity index (χ3n) is 3.02. The summed E-state index contributed by atoms with van der Waals surface area (Å²) in [6, 6.07) is 6.49. The molecule has 1 aliphatic carbocycles. The Labute approximate surface area is 96.5 Å². The number of rotatable bonds is 5. The quantitative estimate of drug-likeness (QED) is 0.819. The molecule has 0 bridgehead atoms. The smallest absolute Gasteiger partial charge is 0.144 e. The van der Waals surface area contributed by atoms with E-state index >= 15 is 0 Å². The van der Waals surface area contributed by atoms with Gasteiger partial charge in [-0.15, -0.1) is 0 Å². The number of nitrogens with zero attached hydrogens (tertiary/aromatic N) is 2. The lowest BCUT2D eigenvalue weighted by Crippen LogP contribution is -2.26. The molecule has 1 saturated carbocycles. The van der Waals surface area contributed by atoms with Crippen LogP contribution in [0, 0.1) is 17.2 Å². The number of nitrogens with one attached hydrogen (secondary N) is 1. The second-order valence-electron chi connectivity index (χ2n) is 4.58. The van der Waals surface area contributed by atoms with E-state index in [0.717, 1.165) is 18.0 Å². The van der Waals surface area contributed by atoms with E-state index in [2.05, 4.69) is 23.3 Å². The number of nitriles is 1. The monoisotopic (exact) mass is 215 g/mol. The van der Waals surface area contributed by atoms with Gasteiger partial charge in [-0.25, -0.2) is 4.98 Å². The van der Waals surface area contributed by atoms with Gasteiger partial charge in [0.2, 0.25) is 0 Å². The van der Waals surface area contributed by atoms with E-state index in [0.29, 0.717) is 11.7 Å². The maximum Gasteiger partial charge on any atom is 0.144 e. The molecule has 1 N–H and O–H groups in total. The summed E-state index contributed by atoms with van der Waals surface area (Å²) < 4.78 is 0. The van der Waals surface area contributed by atoms with Gasteiger partial charge in [0.25, 0.3) is 0 Å². The number of hydrogen-bond donors (Lipinski definition) is 1. The van der Waals surface area contributed by atoms with Crippen molar-refractivity contribution in [3.8, 4) is 6.07 Å². The van der Waals surface area contributed by atoms with Gasteiger partial charge < -0.3 is 5.32 Å². The van der Waals surface area contributed by atoms with Gasteiger partial charge in [0.1, 0.15) is 11.8 Å². The standard InChI is InChI=1S/C13H17N3/c1-10(7-11-4-5-11)16-9-12-3-2-6-15-13(12)8-14/h2-3,6,10-11,16H,4-5,7,9H2,1H3. The lowest BCUT2D eigenvalue weighted by molar-refractivity contribution is 0.487. The van der Waals surface area contributed by atoms with Gasteiger partial charge >= 0.3 is 0 Å². The van der Waals surface area contributed by atoms with Crippen LogP contribution >= 0.6 is 0 Å². The van der Waals surface area contributed by atoms with Crippen molar-refractivity contribution in [3.05, 3.63) is 29.6 Å². The van der Waals surface area contributed by atoms with Crippen LogP contribution in [0.25, 0.3) is 0 Å². The molecule has 1 fully saturated rings. The van der Waals surface area contributed by atoms with Crippen molar-refractivity contribution >= 4 is 0 Å². The predicted octanol–water partition coefficient (Wildman–Crippen LogP) is 2.23. The molecule has 0 amide bonds. The predicted molar refractivity (Wildman–Crippen MR) is 62.6 cm³/mol. The molecule has 1 unspecified atom stereocenters. The van der Waals surface area contributed by atoms with Crippen LogP contribution in [0.4, 0.5) is 0 Å². The summed E-state index contributed by atoms with van der Waals surface area (Å²) >= 11 is 0. The van der Waals surface area contributed by atoms with Crippen LogP contribution in [-0.2, 0) is 6.54 Å². The first-order valence-electron chi connectivity index (χ1n) is 5.87. The van der Waals surface area contributed by atoms with Gasteiger partial charge in [0, 0.05) is 24.3 Å². The molecular weight excluding hydrogens is 198 g/mol. The fourth-order valence-electron chi connectivity index (χ4n) is 1.90. The van der Waals surface area contributed by atoms with Crippen molar-refractivity contribution in [2.45, 2.75) is 38.8 Å². The van der Waals surface area contributed by atoms with Gasteiger partial charge in [-0.05, 0) is 25.3 Å². The van der Waals surface area contributed by atoms with Gasteiger partial charge in [0.15, 0.2) is 0 Å². The summed E-state index contributed by atoms with van der Waals surface area (Å²) in [4.78, 5) is 4.05. The highest BCUT2D eigenvalue weighted by Gasteiger charge is 2.23. The van der Waals surface area contributed by atoms with Crippen molar-refractivity contribution in [2.24, 2.45) is 5.92 Å². The lowest BCUT2D eigenvalue weighted by Gasteiger charge is -2.13. The highest BCUT2D eigenvalue weighted by atomic mass is 14.9. The summed E-state index contributed by atoms with van der Waals surface area (Å²) in [5.41, 5.74) is 1.53. The minimum Gasteiger partial charge on any atom is -0.310 e. The molecule has 0 aromatic carbocycles. The highest BCUT2D eigenvalue weighted by molar-refractivity contribution is 5.30. The van der Waals surface area contributed by atoms with E-state index in [-0.39, 0.29) is 0 Å². The molecule has 0 spiro atoms. The number of hydrogen-bond acceptors (Lipinski definition) is 3. The molecule has 1 atom stereocenters. The number of aromatic nitrogens is 1. The van der Waals surface area contributed by atoms with Crippen LogP contribution in [-0.4, -0.2) is 11.0 Å². The maximum atomic E-state index is 8.90. The normalized spacial score (nSPS) is 16.8. The fourth-order valence-corrected chi connectivity index (χ4v) is 1.90. The molecule has 0 saturated heterocycles. The minimum absolute atomic E-state index is 0.527. The molecule has 1 heterocycles. The van der Waals surface area contributed by atoms with Crippen LogP contribution < -0.4 is 5.32 Å². The SMILES string of the molecule is CC(CC1CC1)NCc1cccnc1C#N. The summed E-state index contributed by atoms with van der Waals surface area (Å²) in [5.74, 6) is 0.937. The molecule has 1 aliphatic rings. The summed E-state index contributed by atoms with van der Waals surface area (Å²) in [6.07, 6.45) is 5.70. The molecule has 16 heavy (non-hydrogen) atoms. The Balaban J connectivity index is 1.86. The van der Waals surface area contributed by atoms with Gasteiger partial charge in [-0.2, -0.15) is 5.26 Å². The van der Waals surface area contributed by atoms with E-state index in [9.17, 15) is 0 Å². The average Bonchev–Trinajstić information content (AvgIpc) is 3.10. The van der Waals surface area contributed by atoms with E-state index < -0.39 is 0 Å². The Bertz CT molecular complexity index is 390. The molecule has 1 aromatic heterocycles. The average molecular weight is 215 g/mol. The zero-order chi connectivity index (χ0) is 11.4. The highest BCUT2D eigenvalue weighted by Crippen LogP contribution is 2.33. The van der Waals surface area contributed by atoms with Crippen molar-refractivity contribution in [1.82, 2.24) is 10.3 Å². The van der Waals surface area contributed by atoms with Crippen LogP contribution in [0.5, 0.6) is 0 Å².